The van der Waals surface area contributed by atoms with Crippen LogP contribution < -0.4 is 5.32 Å². The molecule has 0 unspecified atom stereocenters. The van der Waals surface area contributed by atoms with Gasteiger partial charge in [0.05, 0.1) is 5.69 Å². The molecule has 112 valence electrons. The average Bonchev–Trinajstić information content (AvgIpc) is 2.92. The number of rotatable bonds is 6. The third-order valence-corrected chi connectivity index (χ3v) is 4.38. The average molecular weight is 368 g/mol. The van der Waals surface area contributed by atoms with Gasteiger partial charge in [-0.3, -0.25) is 4.79 Å². The van der Waals surface area contributed by atoms with E-state index in [1.54, 1.807) is 30.3 Å². The molecule has 21 heavy (non-hydrogen) atoms. The first-order valence-corrected chi connectivity index (χ1v) is 8.35. The van der Waals surface area contributed by atoms with E-state index in [-0.39, 0.29) is 5.91 Å². The first-order chi connectivity index (χ1) is 10.1. The SMILES string of the molecule is CN(C)C(=O)CCNCc1csc(-c2cccc(Br)c2)n1. The number of nitrogens with zero attached hydrogens (tertiary/aromatic N) is 2. The van der Waals surface area contributed by atoms with Crippen molar-refractivity contribution in [3.63, 3.8) is 0 Å². The lowest BCUT2D eigenvalue weighted by Crippen LogP contribution is -2.26. The summed E-state index contributed by atoms with van der Waals surface area (Å²) >= 11 is 5.10. The Kier molecular flexibility index (Phi) is 5.90. The second-order valence-corrected chi connectivity index (χ2v) is 6.64. The van der Waals surface area contributed by atoms with Crippen molar-refractivity contribution in [3.8, 4) is 10.6 Å². The van der Waals surface area contributed by atoms with E-state index in [4.69, 9.17) is 0 Å². The van der Waals surface area contributed by atoms with Crippen molar-refractivity contribution in [1.82, 2.24) is 15.2 Å². The van der Waals surface area contributed by atoms with E-state index in [9.17, 15) is 4.79 Å². The van der Waals surface area contributed by atoms with Crippen LogP contribution in [0.25, 0.3) is 10.6 Å². The number of benzene rings is 1. The van der Waals surface area contributed by atoms with Crippen LogP contribution in [0.4, 0.5) is 0 Å². The Balaban J connectivity index is 1.85. The standard InChI is InChI=1S/C15H18BrN3OS/c1-19(2)14(20)6-7-17-9-13-10-21-15(18-13)11-4-3-5-12(16)8-11/h3-5,8,10,17H,6-7,9H2,1-2H3. The highest BCUT2D eigenvalue weighted by atomic mass is 79.9. The smallest absolute Gasteiger partial charge is 0.223 e. The van der Waals surface area contributed by atoms with Gasteiger partial charge in [0.15, 0.2) is 0 Å². The van der Waals surface area contributed by atoms with Gasteiger partial charge < -0.3 is 10.2 Å². The summed E-state index contributed by atoms with van der Waals surface area (Å²) in [5, 5.41) is 6.32. The fourth-order valence-corrected chi connectivity index (χ4v) is 2.99. The molecule has 0 fully saturated rings. The molecule has 1 amide bonds. The number of hydrogen-bond donors (Lipinski definition) is 1. The molecule has 0 aliphatic heterocycles. The molecule has 0 atom stereocenters. The number of amides is 1. The fraction of sp³-hybridized carbons (Fsp3) is 0.333. The minimum Gasteiger partial charge on any atom is -0.349 e. The van der Waals surface area contributed by atoms with Crippen LogP contribution in [-0.2, 0) is 11.3 Å². The molecule has 0 spiro atoms. The minimum atomic E-state index is 0.135. The van der Waals surface area contributed by atoms with Gasteiger partial charge in [-0.15, -0.1) is 11.3 Å². The maximum Gasteiger partial charge on any atom is 0.223 e. The van der Waals surface area contributed by atoms with Gasteiger partial charge in [-0.25, -0.2) is 4.98 Å². The van der Waals surface area contributed by atoms with Gasteiger partial charge in [-0.2, -0.15) is 0 Å². The predicted molar refractivity (Wildman–Crippen MR) is 90.3 cm³/mol. The van der Waals surface area contributed by atoms with Crippen LogP contribution in [0.1, 0.15) is 12.1 Å². The monoisotopic (exact) mass is 367 g/mol. The molecular weight excluding hydrogens is 350 g/mol. The van der Waals surface area contributed by atoms with Gasteiger partial charge >= 0.3 is 0 Å². The number of thiazole rings is 1. The first-order valence-electron chi connectivity index (χ1n) is 6.67. The van der Waals surface area contributed by atoms with E-state index in [2.05, 4.69) is 43.7 Å². The normalized spacial score (nSPS) is 10.6. The number of carbonyl (C=O) groups is 1. The molecule has 0 bridgehead atoms. The van der Waals surface area contributed by atoms with Gasteiger partial charge in [-0.05, 0) is 12.1 Å². The number of aromatic nitrogens is 1. The molecule has 0 aliphatic rings. The molecule has 0 radical (unpaired) electrons. The molecule has 1 N–H and O–H groups in total. The van der Waals surface area contributed by atoms with E-state index in [0.29, 0.717) is 19.5 Å². The third-order valence-electron chi connectivity index (χ3n) is 2.94. The summed E-state index contributed by atoms with van der Waals surface area (Å²) in [5.74, 6) is 0.135. The van der Waals surface area contributed by atoms with Crippen LogP contribution in [0.3, 0.4) is 0 Å². The molecule has 2 aromatic rings. The van der Waals surface area contributed by atoms with Crippen LogP contribution in [0.2, 0.25) is 0 Å². The number of hydrogen-bond acceptors (Lipinski definition) is 4. The molecular formula is C15H18BrN3OS. The molecule has 1 heterocycles. The van der Waals surface area contributed by atoms with Crippen molar-refractivity contribution >= 4 is 33.2 Å². The second kappa shape index (κ2) is 7.68. The lowest BCUT2D eigenvalue weighted by atomic mass is 10.2. The number of carbonyl (C=O) groups excluding carboxylic acids is 1. The van der Waals surface area contributed by atoms with Crippen molar-refractivity contribution in [2.24, 2.45) is 0 Å². The predicted octanol–water partition coefficient (Wildman–Crippen LogP) is 3.14. The molecule has 2 rings (SSSR count). The lowest BCUT2D eigenvalue weighted by molar-refractivity contribution is -0.128. The summed E-state index contributed by atoms with van der Waals surface area (Å²) in [7, 11) is 3.54. The highest BCUT2D eigenvalue weighted by Gasteiger charge is 2.06. The van der Waals surface area contributed by atoms with Gasteiger partial charge in [0.1, 0.15) is 5.01 Å². The number of nitrogens with one attached hydrogen (secondary N) is 1. The van der Waals surface area contributed by atoms with Crippen LogP contribution in [0.15, 0.2) is 34.1 Å². The maximum absolute atomic E-state index is 11.4. The zero-order valence-corrected chi connectivity index (χ0v) is 14.5. The van der Waals surface area contributed by atoms with Gasteiger partial charge in [-0.1, -0.05) is 28.1 Å². The summed E-state index contributed by atoms with van der Waals surface area (Å²) in [6.07, 6.45) is 0.510. The van der Waals surface area contributed by atoms with E-state index >= 15 is 0 Å². The highest BCUT2D eigenvalue weighted by molar-refractivity contribution is 9.10. The lowest BCUT2D eigenvalue weighted by Gasteiger charge is -2.09. The van der Waals surface area contributed by atoms with Crippen LogP contribution in [0.5, 0.6) is 0 Å². The van der Waals surface area contributed by atoms with E-state index in [0.717, 1.165) is 20.7 Å². The minimum absolute atomic E-state index is 0.135. The zero-order chi connectivity index (χ0) is 15.2. The van der Waals surface area contributed by atoms with Crippen molar-refractivity contribution in [3.05, 3.63) is 39.8 Å². The summed E-state index contributed by atoms with van der Waals surface area (Å²) in [4.78, 5) is 17.7. The van der Waals surface area contributed by atoms with Gasteiger partial charge in [0, 0.05) is 49.0 Å². The van der Waals surface area contributed by atoms with Crippen LogP contribution >= 0.6 is 27.3 Å². The fourth-order valence-electron chi connectivity index (χ4n) is 1.78. The quantitative estimate of drug-likeness (QED) is 0.797. The van der Waals surface area contributed by atoms with E-state index in [1.807, 2.05) is 12.1 Å². The highest BCUT2D eigenvalue weighted by Crippen LogP contribution is 2.26. The summed E-state index contributed by atoms with van der Waals surface area (Å²) < 4.78 is 1.05. The Bertz CT molecular complexity index is 612. The van der Waals surface area contributed by atoms with Crippen LogP contribution in [0, 0.1) is 0 Å². The molecule has 4 nitrogen and oxygen atoms in total. The molecule has 1 aromatic carbocycles. The molecule has 1 aromatic heterocycles. The Morgan fingerprint density at radius 2 is 2.24 bits per heavy atom. The Morgan fingerprint density at radius 1 is 1.43 bits per heavy atom. The summed E-state index contributed by atoms with van der Waals surface area (Å²) in [6, 6.07) is 8.12. The summed E-state index contributed by atoms with van der Waals surface area (Å²) in [5.41, 5.74) is 2.12. The topological polar surface area (TPSA) is 45.2 Å². The van der Waals surface area contributed by atoms with Crippen molar-refractivity contribution in [2.75, 3.05) is 20.6 Å². The second-order valence-electron chi connectivity index (χ2n) is 4.87. The zero-order valence-electron chi connectivity index (χ0n) is 12.1. The molecule has 0 saturated heterocycles. The molecule has 0 saturated carbocycles. The van der Waals surface area contributed by atoms with E-state index < -0.39 is 0 Å². The Hall–Kier alpha value is -1.24. The van der Waals surface area contributed by atoms with Gasteiger partial charge in [0.2, 0.25) is 5.91 Å². The first kappa shape index (κ1) is 16.1. The largest absolute Gasteiger partial charge is 0.349 e. The molecule has 6 heteroatoms. The van der Waals surface area contributed by atoms with E-state index in [1.165, 1.54) is 0 Å². The van der Waals surface area contributed by atoms with Gasteiger partial charge in [0.25, 0.3) is 0 Å². The van der Waals surface area contributed by atoms with Crippen molar-refractivity contribution in [1.29, 1.82) is 0 Å². The number of halogens is 1. The van der Waals surface area contributed by atoms with Crippen molar-refractivity contribution in [2.45, 2.75) is 13.0 Å². The maximum atomic E-state index is 11.4. The summed E-state index contributed by atoms with van der Waals surface area (Å²) in [6.45, 7) is 1.35. The van der Waals surface area contributed by atoms with Crippen LogP contribution in [-0.4, -0.2) is 36.4 Å². The Morgan fingerprint density at radius 3 is 2.95 bits per heavy atom. The molecule has 0 aliphatic carbocycles. The van der Waals surface area contributed by atoms with Crippen molar-refractivity contribution < 1.29 is 4.79 Å². The third kappa shape index (κ3) is 4.91. The Labute approximate surface area is 137 Å².